The molecule has 0 spiro atoms. The standard InChI is InChI=1S/C23H24F3N5O2/c1-33-19-7-5-18(6-8-19)31-20(14-21(29-31)23(24,25)26)22(32)28-16-9-12-30(13-10-16)15-17-4-2-3-11-27-17/h2-8,11,14,16H,9-10,12-13,15H2,1H3,(H,28,32). The van der Waals surface area contributed by atoms with Crippen LogP contribution >= 0.6 is 0 Å². The third-order valence-electron chi connectivity index (χ3n) is 5.58. The number of hydrogen-bond donors (Lipinski definition) is 1. The molecule has 4 rings (SSSR count). The Morgan fingerprint density at radius 2 is 1.88 bits per heavy atom. The highest BCUT2D eigenvalue weighted by molar-refractivity contribution is 5.93. The van der Waals surface area contributed by atoms with E-state index < -0.39 is 17.8 Å². The Balaban J connectivity index is 1.45. The molecule has 10 heteroatoms. The van der Waals surface area contributed by atoms with Gasteiger partial charge in [0.1, 0.15) is 11.4 Å². The molecule has 1 aromatic carbocycles. The highest BCUT2D eigenvalue weighted by atomic mass is 19.4. The summed E-state index contributed by atoms with van der Waals surface area (Å²) >= 11 is 0. The Hall–Kier alpha value is -3.40. The first-order valence-electron chi connectivity index (χ1n) is 10.6. The van der Waals surface area contributed by atoms with Crippen molar-refractivity contribution in [2.75, 3.05) is 20.2 Å². The van der Waals surface area contributed by atoms with Crippen molar-refractivity contribution < 1.29 is 22.7 Å². The zero-order valence-corrected chi connectivity index (χ0v) is 18.0. The topological polar surface area (TPSA) is 72.3 Å². The van der Waals surface area contributed by atoms with Crippen molar-refractivity contribution in [3.8, 4) is 11.4 Å². The summed E-state index contributed by atoms with van der Waals surface area (Å²) in [6.07, 6.45) is -1.52. The monoisotopic (exact) mass is 459 g/mol. The van der Waals surface area contributed by atoms with E-state index >= 15 is 0 Å². The fraction of sp³-hybridized carbons (Fsp3) is 0.348. The predicted molar refractivity (Wildman–Crippen MR) is 115 cm³/mol. The van der Waals surface area contributed by atoms with Crippen molar-refractivity contribution in [1.29, 1.82) is 0 Å². The number of nitrogens with zero attached hydrogens (tertiary/aromatic N) is 4. The summed E-state index contributed by atoms with van der Waals surface area (Å²) in [7, 11) is 1.49. The average Bonchev–Trinajstić information content (AvgIpc) is 3.28. The maximum Gasteiger partial charge on any atom is 0.435 e. The van der Waals surface area contributed by atoms with Crippen molar-refractivity contribution in [2.45, 2.75) is 31.6 Å². The number of ether oxygens (including phenoxy) is 1. The maximum atomic E-state index is 13.3. The second-order valence-corrected chi connectivity index (χ2v) is 7.87. The van der Waals surface area contributed by atoms with E-state index in [1.54, 1.807) is 30.5 Å². The lowest BCUT2D eigenvalue weighted by molar-refractivity contribution is -0.141. The van der Waals surface area contributed by atoms with Crippen LogP contribution in [0, 0.1) is 0 Å². The normalized spacial score (nSPS) is 15.4. The van der Waals surface area contributed by atoms with Gasteiger partial charge in [-0.25, -0.2) is 4.68 Å². The number of methoxy groups -OCH3 is 1. The number of piperidine rings is 1. The van der Waals surface area contributed by atoms with Crippen LogP contribution in [-0.4, -0.2) is 51.8 Å². The van der Waals surface area contributed by atoms with Crippen LogP contribution in [0.4, 0.5) is 13.2 Å². The van der Waals surface area contributed by atoms with E-state index in [1.807, 2.05) is 18.2 Å². The molecule has 0 unspecified atom stereocenters. The van der Waals surface area contributed by atoms with Crippen molar-refractivity contribution in [3.63, 3.8) is 0 Å². The summed E-state index contributed by atoms with van der Waals surface area (Å²) in [5.74, 6) is -0.0394. The Labute approximate surface area is 189 Å². The second kappa shape index (κ2) is 9.62. The minimum absolute atomic E-state index is 0.133. The van der Waals surface area contributed by atoms with Gasteiger partial charge in [0, 0.05) is 37.9 Å². The molecule has 174 valence electrons. The van der Waals surface area contributed by atoms with Gasteiger partial charge in [-0.15, -0.1) is 0 Å². The van der Waals surface area contributed by atoms with Crippen molar-refractivity contribution >= 4 is 5.91 Å². The molecule has 1 N–H and O–H groups in total. The molecule has 0 bridgehead atoms. The summed E-state index contributed by atoms with van der Waals surface area (Å²) in [6.45, 7) is 2.24. The Kier molecular flexibility index (Phi) is 6.64. The van der Waals surface area contributed by atoms with Crippen LogP contribution in [-0.2, 0) is 12.7 Å². The fourth-order valence-corrected chi connectivity index (χ4v) is 3.82. The van der Waals surface area contributed by atoms with Crippen LogP contribution in [0.1, 0.15) is 34.7 Å². The van der Waals surface area contributed by atoms with Crippen molar-refractivity contribution in [1.82, 2.24) is 25.0 Å². The lowest BCUT2D eigenvalue weighted by atomic mass is 10.0. The zero-order valence-electron chi connectivity index (χ0n) is 18.0. The average molecular weight is 459 g/mol. The van der Waals surface area contributed by atoms with E-state index in [4.69, 9.17) is 4.74 Å². The van der Waals surface area contributed by atoms with E-state index in [-0.39, 0.29) is 11.7 Å². The van der Waals surface area contributed by atoms with Gasteiger partial charge >= 0.3 is 6.18 Å². The number of amides is 1. The Morgan fingerprint density at radius 3 is 2.48 bits per heavy atom. The molecule has 3 heterocycles. The van der Waals surface area contributed by atoms with Gasteiger partial charge in [0.25, 0.3) is 5.91 Å². The SMILES string of the molecule is COc1ccc(-n2nc(C(F)(F)F)cc2C(=O)NC2CCN(Cc3ccccn3)CC2)cc1. The first-order valence-corrected chi connectivity index (χ1v) is 10.6. The summed E-state index contributed by atoms with van der Waals surface area (Å²) < 4.78 is 46.1. The quantitative estimate of drug-likeness (QED) is 0.609. The lowest BCUT2D eigenvalue weighted by Crippen LogP contribution is -2.44. The first kappa shape index (κ1) is 22.8. The lowest BCUT2D eigenvalue weighted by Gasteiger charge is -2.32. The van der Waals surface area contributed by atoms with Crippen LogP contribution in [0.5, 0.6) is 5.75 Å². The molecule has 1 fully saturated rings. The molecular weight excluding hydrogens is 435 g/mol. The molecule has 0 radical (unpaired) electrons. The second-order valence-electron chi connectivity index (χ2n) is 7.87. The fourth-order valence-electron chi connectivity index (χ4n) is 3.82. The van der Waals surface area contributed by atoms with E-state index in [0.29, 0.717) is 24.3 Å². The van der Waals surface area contributed by atoms with E-state index in [2.05, 4.69) is 20.3 Å². The van der Waals surface area contributed by atoms with Gasteiger partial charge in [-0.1, -0.05) is 6.07 Å². The number of likely N-dealkylation sites (tertiary alicyclic amines) is 1. The largest absolute Gasteiger partial charge is 0.497 e. The molecule has 0 saturated carbocycles. The van der Waals surface area contributed by atoms with Gasteiger partial charge in [0.15, 0.2) is 5.69 Å². The molecule has 3 aromatic rings. The van der Waals surface area contributed by atoms with Crippen LogP contribution in [0.2, 0.25) is 0 Å². The molecule has 7 nitrogen and oxygen atoms in total. The van der Waals surface area contributed by atoms with Gasteiger partial charge in [-0.3, -0.25) is 14.7 Å². The van der Waals surface area contributed by atoms with E-state index in [9.17, 15) is 18.0 Å². The van der Waals surface area contributed by atoms with Gasteiger partial charge in [-0.2, -0.15) is 18.3 Å². The van der Waals surface area contributed by atoms with Gasteiger partial charge in [-0.05, 0) is 49.2 Å². The summed E-state index contributed by atoms with van der Waals surface area (Å²) in [6, 6.07) is 12.7. The van der Waals surface area contributed by atoms with Crippen molar-refractivity contribution in [3.05, 3.63) is 71.8 Å². The number of halogens is 3. The summed E-state index contributed by atoms with van der Waals surface area (Å²) in [4.78, 5) is 19.5. The number of carbonyl (C=O) groups is 1. The molecule has 1 saturated heterocycles. The zero-order chi connectivity index (χ0) is 23.4. The highest BCUT2D eigenvalue weighted by Gasteiger charge is 2.36. The van der Waals surface area contributed by atoms with Crippen molar-refractivity contribution in [2.24, 2.45) is 0 Å². The van der Waals surface area contributed by atoms with Crippen LogP contribution < -0.4 is 10.1 Å². The van der Waals surface area contributed by atoms with Crippen LogP contribution in [0.25, 0.3) is 5.69 Å². The molecule has 1 aliphatic heterocycles. The van der Waals surface area contributed by atoms with Gasteiger partial charge < -0.3 is 10.1 Å². The molecule has 33 heavy (non-hydrogen) atoms. The highest BCUT2D eigenvalue weighted by Crippen LogP contribution is 2.30. The third-order valence-corrected chi connectivity index (χ3v) is 5.58. The molecule has 1 amide bonds. The summed E-state index contributed by atoms with van der Waals surface area (Å²) in [5, 5.41) is 6.54. The number of hydrogen-bond acceptors (Lipinski definition) is 5. The summed E-state index contributed by atoms with van der Waals surface area (Å²) in [5.41, 5.74) is 0.0294. The van der Waals surface area contributed by atoms with Crippen LogP contribution in [0.15, 0.2) is 54.7 Å². The minimum Gasteiger partial charge on any atom is -0.497 e. The number of benzene rings is 1. The molecular formula is C23H24F3N5O2. The number of nitrogens with one attached hydrogen (secondary N) is 1. The molecule has 0 aliphatic carbocycles. The minimum atomic E-state index is -4.66. The molecule has 0 atom stereocenters. The Morgan fingerprint density at radius 1 is 1.15 bits per heavy atom. The van der Waals surface area contributed by atoms with Gasteiger partial charge in [0.05, 0.1) is 18.5 Å². The van der Waals surface area contributed by atoms with E-state index in [0.717, 1.165) is 36.1 Å². The number of rotatable bonds is 6. The smallest absolute Gasteiger partial charge is 0.435 e. The van der Waals surface area contributed by atoms with E-state index in [1.165, 1.54) is 7.11 Å². The Bertz CT molecular complexity index is 1080. The first-order chi connectivity index (χ1) is 15.8. The number of aromatic nitrogens is 3. The van der Waals surface area contributed by atoms with Crippen LogP contribution in [0.3, 0.4) is 0 Å². The number of alkyl halides is 3. The molecule has 2 aromatic heterocycles. The number of pyridine rings is 1. The predicted octanol–water partition coefficient (Wildman–Crippen LogP) is 3.69. The molecule has 1 aliphatic rings. The third kappa shape index (κ3) is 5.51. The van der Waals surface area contributed by atoms with Gasteiger partial charge in [0.2, 0.25) is 0 Å². The maximum absolute atomic E-state index is 13.3. The number of carbonyl (C=O) groups excluding carboxylic acids is 1.